The number of thiazole rings is 1. The highest BCUT2D eigenvalue weighted by atomic mass is 32.1. The largest absolute Gasteiger partial charge is 0.481 e. The molecule has 0 saturated carbocycles. The molecule has 1 aromatic heterocycles. The predicted octanol–water partition coefficient (Wildman–Crippen LogP) is 3.44. The lowest BCUT2D eigenvalue weighted by atomic mass is 10.1. The van der Waals surface area contributed by atoms with Crippen LogP contribution in [0.1, 0.15) is 36.8 Å². The molecule has 0 fully saturated rings. The maximum atomic E-state index is 10.5. The molecule has 0 atom stereocenters. The summed E-state index contributed by atoms with van der Waals surface area (Å²) in [6.45, 7) is 4.26. The molecule has 1 heterocycles. The molecule has 2 aromatic rings. The molecule has 0 aliphatic heterocycles. The Hall–Kier alpha value is -1.42. The van der Waals surface area contributed by atoms with Crippen LogP contribution in [0.15, 0.2) is 18.2 Å². The zero-order valence-electron chi connectivity index (χ0n) is 9.93. The maximum Gasteiger partial charge on any atom is 0.303 e. The average molecular weight is 249 g/mol. The van der Waals surface area contributed by atoms with Gasteiger partial charge in [0, 0.05) is 12.3 Å². The normalized spacial score (nSPS) is 11.2. The Morgan fingerprint density at radius 3 is 2.88 bits per heavy atom. The van der Waals surface area contributed by atoms with Crippen molar-refractivity contribution in [2.24, 2.45) is 0 Å². The van der Waals surface area contributed by atoms with Crippen molar-refractivity contribution in [2.45, 2.75) is 32.6 Å². The van der Waals surface area contributed by atoms with Gasteiger partial charge >= 0.3 is 5.97 Å². The Kier molecular flexibility index (Phi) is 3.43. The molecule has 3 nitrogen and oxygen atoms in total. The summed E-state index contributed by atoms with van der Waals surface area (Å²) in [5, 5.41) is 9.79. The number of hydrogen-bond acceptors (Lipinski definition) is 3. The first kappa shape index (κ1) is 12.0. The van der Waals surface area contributed by atoms with Crippen molar-refractivity contribution >= 4 is 27.5 Å². The number of carboxylic acid groups (broad SMARTS) is 1. The van der Waals surface area contributed by atoms with Gasteiger partial charge in [0.05, 0.1) is 15.2 Å². The van der Waals surface area contributed by atoms with Gasteiger partial charge in [0.25, 0.3) is 0 Å². The summed E-state index contributed by atoms with van der Waals surface area (Å²) in [6.07, 6.45) is 0.765. The van der Waals surface area contributed by atoms with Crippen LogP contribution in [0.4, 0.5) is 0 Å². The van der Waals surface area contributed by atoms with Crippen LogP contribution in [0.3, 0.4) is 0 Å². The van der Waals surface area contributed by atoms with Crippen molar-refractivity contribution in [1.29, 1.82) is 0 Å². The van der Waals surface area contributed by atoms with Crippen LogP contribution >= 0.6 is 11.3 Å². The molecule has 0 radical (unpaired) electrons. The molecule has 0 saturated heterocycles. The Morgan fingerprint density at radius 1 is 1.47 bits per heavy atom. The molecule has 90 valence electrons. The molecule has 0 aliphatic rings. The fourth-order valence-electron chi connectivity index (χ4n) is 1.64. The van der Waals surface area contributed by atoms with Crippen LogP contribution in [-0.2, 0) is 11.2 Å². The number of carboxylic acids is 1. The van der Waals surface area contributed by atoms with E-state index in [0.29, 0.717) is 12.3 Å². The van der Waals surface area contributed by atoms with Crippen molar-refractivity contribution in [3.63, 3.8) is 0 Å². The van der Waals surface area contributed by atoms with Gasteiger partial charge in [-0.15, -0.1) is 11.3 Å². The lowest BCUT2D eigenvalue weighted by molar-refractivity contribution is -0.136. The molecular weight excluding hydrogens is 234 g/mol. The average Bonchev–Trinajstić information content (AvgIpc) is 2.69. The topological polar surface area (TPSA) is 50.2 Å². The molecule has 4 heteroatoms. The van der Waals surface area contributed by atoms with Crippen LogP contribution in [0.5, 0.6) is 0 Å². The first-order valence-electron chi connectivity index (χ1n) is 5.67. The molecule has 1 aromatic carbocycles. The Bertz CT molecular complexity index is 545. The highest BCUT2D eigenvalue weighted by Crippen LogP contribution is 2.28. The Morgan fingerprint density at radius 2 is 2.24 bits per heavy atom. The Labute approximate surface area is 104 Å². The standard InChI is InChI=1S/C13H15NO2S/c1-8(2)13-14-10-5-3-9(4-6-12(15)16)7-11(10)17-13/h3,5,7-8H,4,6H2,1-2H3,(H,15,16). The smallest absolute Gasteiger partial charge is 0.303 e. The van der Waals surface area contributed by atoms with E-state index in [0.717, 1.165) is 20.8 Å². The molecule has 0 unspecified atom stereocenters. The third-order valence-electron chi connectivity index (χ3n) is 2.59. The van der Waals surface area contributed by atoms with E-state index in [1.165, 1.54) is 0 Å². The summed E-state index contributed by atoms with van der Waals surface area (Å²) >= 11 is 1.70. The number of carbonyl (C=O) groups is 1. The minimum absolute atomic E-state index is 0.182. The number of rotatable bonds is 4. The van der Waals surface area contributed by atoms with Gasteiger partial charge in [-0.2, -0.15) is 0 Å². The number of aryl methyl sites for hydroxylation is 1. The fraction of sp³-hybridized carbons (Fsp3) is 0.385. The molecule has 0 amide bonds. The van der Waals surface area contributed by atoms with E-state index in [2.05, 4.69) is 24.9 Å². The summed E-state index contributed by atoms with van der Waals surface area (Å²) in [6, 6.07) is 6.01. The highest BCUT2D eigenvalue weighted by molar-refractivity contribution is 7.18. The fourth-order valence-corrected chi connectivity index (χ4v) is 2.67. The van der Waals surface area contributed by atoms with E-state index in [1.54, 1.807) is 11.3 Å². The van der Waals surface area contributed by atoms with Crippen molar-refractivity contribution in [1.82, 2.24) is 4.98 Å². The number of fused-ring (bicyclic) bond motifs is 1. The second-order valence-corrected chi connectivity index (χ2v) is 5.46. The van der Waals surface area contributed by atoms with E-state index in [4.69, 9.17) is 5.11 Å². The summed E-state index contributed by atoms with van der Waals surface area (Å²) in [7, 11) is 0. The molecule has 0 aliphatic carbocycles. The predicted molar refractivity (Wildman–Crippen MR) is 69.7 cm³/mol. The number of hydrogen-bond donors (Lipinski definition) is 1. The van der Waals surface area contributed by atoms with Crippen LogP contribution in [-0.4, -0.2) is 16.1 Å². The lowest BCUT2D eigenvalue weighted by Gasteiger charge is -1.97. The van der Waals surface area contributed by atoms with Gasteiger partial charge in [-0.25, -0.2) is 4.98 Å². The van der Waals surface area contributed by atoms with Crippen molar-refractivity contribution in [3.05, 3.63) is 28.8 Å². The van der Waals surface area contributed by atoms with Crippen LogP contribution in [0.25, 0.3) is 10.2 Å². The van der Waals surface area contributed by atoms with Gasteiger partial charge < -0.3 is 5.11 Å². The Balaban J connectivity index is 2.27. The molecule has 1 N–H and O–H groups in total. The van der Waals surface area contributed by atoms with Crippen molar-refractivity contribution in [3.8, 4) is 0 Å². The summed E-state index contributed by atoms with van der Waals surface area (Å²) in [4.78, 5) is 15.1. The monoisotopic (exact) mass is 249 g/mol. The van der Waals surface area contributed by atoms with E-state index in [9.17, 15) is 4.79 Å². The zero-order valence-corrected chi connectivity index (χ0v) is 10.8. The summed E-state index contributed by atoms with van der Waals surface area (Å²) in [5.41, 5.74) is 2.08. The lowest BCUT2D eigenvalue weighted by Crippen LogP contribution is -1.96. The van der Waals surface area contributed by atoms with Crippen LogP contribution in [0.2, 0.25) is 0 Å². The van der Waals surface area contributed by atoms with Gasteiger partial charge in [0.2, 0.25) is 0 Å². The molecule has 0 bridgehead atoms. The minimum atomic E-state index is -0.753. The second kappa shape index (κ2) is 4.84. The SMILES string of the molecule is CC(C)c1nc2ccc(CCC(=O)O)cc2s1. The molecular formula is C13H15NO2S. The zero-order chi connectivity index (χ0) is 12.4. The number of aromatic nitrogens is 1. The first-order valence-corrected chi connectivity index (χ1v) is 6.49. The number of aliphatic carboxylic acids is 1. The quantitative estimate of drug-likeness (QED) is 0.903. The third-order valence-corrected chi connectivity index (χ3v) is 3.91. The van der Waals surface area contributed by atoms with Crippen molar-refractivity contribution < 1.29 is 9.90 Å². The highest BCUT2D eigenvalue weighted by Gasteiger charge is 2.08. The van der Waals surface area contributed by atoms with Gasteiger partial charge in [-0.1, -0.05) is 19.9 Å². The van der Waals surface area contributed by atoms with E-state index >= 15 is 0 Å². The first-order chi connectivity index (χ1) is 8.06. The molecule has 2 rings (SSSR count). The molecule has 17 heavy (non-hydrogen) atoms. The minimum Gasteiger partial charge on any atom is -0.481 e. The van der Waals surface area contributed by atoms with Gasteiger partial charge in [-0.05, 0) is 24.1 Å². The third kappa shape index (κ3) is 2.82. The van der Waals surface area contributed by atoms with Gasteiger partial charge in [-0.3, -0.25) is 4.79 Å². The van der Waals surface area contributed by atoms with E-state index < -0.39 is 5.97 Å². The molecule has 0 spiro atoms. The summed E-state index contributed by atoms with van der Waals surface area (Å²) in [5.74, 6) is -0.313. The van der Waals surface area contributed by atoms with E-state index in [1.807, 2.05) is 12.1 Å². The second-order valence-electron chi connectivity index (χ2n) is 4.40. The van der Waals surface area contributed by atoms with Crippen LogP contribution in [0, 0.1) is 0 Å². The van der Waals surface area contributed by atoms with Crippen LogP contribution < -0.4 is 0 Å². The van der Waals surface area contributed by atoms with Gasteiger partial charge in [0.15, 0.2) is 0 Å². The van der Waals surface area contributed by atoms with Crippen molar-refractivity contribution in [2.75, 3.05) is 0 Å². The summed E-state index contributed by atoms with van der Waals surface area (Å²) < 4.78 is 1.15. The van der Waals surface area contributed by atoms with E-state index in [-0.39, 0.29) is 6.42 Å². The number of nitrogens with zero attached hydrogens (tertiary/aromatic N) is 1. The number of benzene rings is 1. The van der Waals surface area contributed by atoms with Gasteiger partial charge in [0.1, 0.15) is 0 Å². The maximum absolute atomic E-state index is 10.5.